The highest BCUT2D eigenvalue weighted by Gasteiger charge is 2.14. The fourth-order valence-corrected chi connectivity index (χ4v) is 3.18. The van der Waals surface area contributed by atoms with Gasteiger partial charge in [0.05, 0.1) is 10.5 Å². The van der Waals surface area contributed by atoms with Crippen molar-refractivity contribution in [1.82, 2.24) is 4.90 Å². The highest BCUT2D eigenvalue weighted by atomic mass is 16.6. The van der Waals surface area contributed by atoms with E-state index >= 15 is 0 Å². The molecule has 1 aliphatic heterocycles. The van der Waals surface area contributed by atoms with E-state index < -0.39 is 10.9 Å². The molecule has 0 radical (unpaired) electrons. The van der Waals surface area contributed by atoms with Gasteiger partial charge in [-0.15, -0.1) is 0 Å². The maximum absolute atomic E-state index is 12.3. The van der Waals surface area contributed by atoms with Crippen LogP contribution in [0.15, 0.2) is 42.5 Å². The highest BCUT2D eigenvalue weighted by molar-refractivity contribution is 5.91. The number of likely N-dealkylation sites (tertiary alicyclic amines) is 1. The van der Waals surface area contributed by atoms with Crippen LogP contribution >= 0.6 is 0 Å². The normalized spacial score (nSPS) is 14.5. The molecule has 1 heterocycles. The summed E-state index contributed by atoms with van der Waals surface area (Å²) in [6.07, 6.45) is 3.82. The standard InChI is InChI=1S/C21H24N2O5/c1-16-15-18(23(25)26)7-10-20(16)28-21(24)17-5-8-19(9-6-17)27-14-13-22-11-3-2-4-12-22/h5-10,15H,2-4,11-14H2,1H3. The molecule has 7 heteroatoms. The maximum atomic E-state index is 12.3. The fourth-order valence-electron chi connectivity index (χ4n) is 3.18. The van der Waals surface area contributed by atoms with Crippen LogP contribution in [0.2, 0.25) is 0 Å². The first kappa shape index (κ1) is 19.8. The molecule has 0 amide bonds. The Morgan fingerprint density at radius 1 is 1.11 bits per heavy atom. The first-order chi connectivity index (χ1) is 13.5. The Balaban J connectivity index is 1.52. The number of rotatable bonds is 7. The number of nitro benzene ring substituents is 1. The monoisotopic (exact) mass is 384 g/mol. The van der Waals surface area contributed by atoms with Crippen LogP contribution in [-0.2, 0) is 0 Å². The van der Waals surface area contributed by atoms with Gasteiger partial charge in [0.2, 0.25) is 0 Å². The maximum Gasteiger partial charge on any atom is 0.343 e. The average Bonchev–Trinajstić information content (AvgIpc) is 2.70. The lowest BCUT2D eigenvalue weighted by atomic mass is 10.1. The third-order valence-corrected chi connectivity index (χ3v) is 4.79. The zero-order valence-electron chi connectivity index (χ0n) is 15.9. The molecule has 1 fully saturated rings. The molecular formula is C21H24N2O5. The number of piperidine rings is 1. The van der Waals surface area contributed by atoms with Gasteiger partial charge in [-0.3, -0.25) is 15.0 Å². The van der Waals surface area contributed by atoms with E-state index in [0.717, 1.165) is 19.6 Å². The van der Waals surface area contributed by atoms with Crippen LogP contribution < -0.4 is 9.47 Å². The van der Waals surface area contributed by atoms with Gasteiger partial charge >= 0.3 is 5.97 Å². The summed E-state index contributed by atoms with van der Waals surface area (Å²) < 4.78 is 11.1. The number of carbonyl (C=O) groups is 1. The van der Waals surface area contributed by atoms with Gasteiger partial charge in [0.25, 0.3) is 5.69 Å². The molecule has 7 nitrogen and oxygen atoms in total. The first-order valence-electron chi connectivity index (χ1n) is 9.45. The van der Waals surface area contributed by atoms with Crippen LogP contribution in [0.5, 0.6) is 11.5 Å². The predicted molar refractivity (Wildman–Crippen MR) is 105 cm³/mol. The summed E-state index contributed by atoms with van der Waals surface area (Å²) in [4.78, 5) is 25.0. The Kier molecular flexibility index (Phi) is 6.60. The zero-order chi connectivity index (χ0) is 19.9. The molecule has 3 rings (SSSR count). The van der Waals surface area contributed by atoms with Gasteiger partial charge < -0.3 is 9.47 Å². The second-order valence-electron chi connectivity index (χ2n) is 6.87. The van der Waals surface area contributed by atoms with Crippen molar-refractivity contribution >= 4 is 11.7 Å². The Hall–Kier alpha value is -2.93. The minimum atomic E-state index is -0.517. The lowest BCUT2D eigenvalue weighted by molar-refractivity contribution is -0.384. The predicted octanol–water partition coefficient (Wildman–Crippen LogP) is 3.99. The summed E-state index contributed by atoms with van der Waals surface area (Å²) >= 11 is 0. The number of carbonyl (C=O) groups excluding carboxylic acids is 1. The van der Waals surface area contributed by atoms with Gasteiger partial charge in [0, 0.05) is 18.7 Å². The summed E-state index contributed by atoms with van der Waals surface area (Å²) in [5, 5.41) is 10.8. The van der Waals surface area contributed by atoms with Crippen molar-refractivity contribution in [2.75, 3.05) is 26.2 Å². The number of benzene rings is 2. The van der Waals surface area contributed by atoms with E-state index in [-0.39, 0.29) is 5.69 Å². The molecule has 1 aliphatic rings. The number of hydrogen-bond acceptors (Lipinski definition) is 6. The largest absolute Gasteiger partial charge is 0.492 e. The Bertz CT molecular complexity index is 829. The summed E-state index contributed by atoms with van der Waals surface area (Å²) in [7, 11) is 0. The van der Waals surface area contributed by atoms with Gasteiger partial charge in [-0.1, -0.05) is 6.42 Å². The number of non-ortho nitro benzene ring substituents is 1. The highest BCUT2D eigenvalue weighted by Crippen LogP contribution is 2.24. The average molecular weight is 384 g/mol. The summed E-state index contributed by atoms with van der Waals surface area (Å²) in [6.45, 7) is 5.45. The van der Waals surface area contributed by atoms with Crippen LogP contribution in [0.1, 0.15) is 35.2 Å². The fraction of sp³-hybridized carbons (Fsp3) is 0.381. The molecule has 0 atom stereocenters. The smallest absolute Gasteiger partial charge is 0.343 e. The van der Waals surface area contributed by atoms with Gasteiger partial charge in [-0.2, -0.15) is 0 Å². The molecule has 0 saturated carbocycles. The molecule has 0 aliphatic carbocycles. The Labute approximate surface area is 164 Å². The number of esters is 1. The van der Waals surface area contributed by atoms with E-state index in [2.05, 4.69) is 4.90 Å². The lowest BCUT2D eigenvalue weighted by Gasteiger charge is -2.26. The van der Waals surface area contributed by atoms with Gasteiger partial charge in [-0.05, 0) is 68.8 Å². The van der Waals surface area contributed by atoms with Crippen molar-refractivity contribution in [1.29, 1.82) is 0 Å². The quantitative estimate of drug-likeness (QED) is 0.311. The Morgan fingerprint density at radius 2 is 1.82 bits per heavy atom. The van der Waals surface area contributed by atoms with Crippen LogP contribution in [0, 0.1) is 17.0 Å². The second-order valence-corrected chi connectivity index (χ2v) is 6.87. The molecule has 148 valence electrons. The van der Waals surface area contributed by atoms with Crippen LogP contribution in [0.3, 0.4) is 0 Å². The Morgan fingerprint density at radius 3 is 2.46 bits per heavy atom. The van der Waals surface area contributed by atoms with Crippen LogP contribution in [-0.4, -0.2) is 42.0 Å². The van der Waals surface area contributed by atoms with Crippen molar-refractivity contribution in [2.45, 2.75) is 26.2 Å². The molecule has 0 spiro atoms. The van der Waals surface area contributed by atoms with Crippen LogP contribution in [0.25, 0.3) is 0 Å². The van der Waals surface area contributed by atoms with Gasteiger partial charge in [0.1, 0.15) is 18.1 Å². The van der Waals surface area contributed by atoms with Gasteiger partial charge in [-0.25, -0.2) is 4.79 Å². The zero-order valence-corrected chi connectivity index (χ0v) is 15.9. The summed E-state index contributed by atoms with van der Waals surface area (Å²) in [5.74, 6) is 0.495. The molecule has 1 saturated heterocycles. The molecule has 0 bridgehead atoms. The van der Waals surface area contributed by atoms with Crippen molar-refractivity contribution in [2.24, 2.45) is 0 Å². The molecule has 0 N–H and O–H groups in total. The summed E-state index contributed by atoms with van der Waals surface area (Å²) in [5.41, 5.74) is 0.879. The number of nitro groups is 1. The summed E-state index contributed by atoms with van der Waals surface area (Å²) in [6, 6.07) is 10.9. The van der Waals surface area contributed by atoms with Crippen molar-refractivity contribution < 1.29 is 19.2 Å². The van der Waals surface area contributed by atoms with Crippen molar-refractivity contribution in [3.05, 3.63) is 63.7 Å². The third kappa shape index (κ3) is 5.29. The number of ether oxygens (including phenoxy) is 2. The second kappa shape index (κ2) is 9.32. The minimum absolute atomic E-state index is 0.0386. The van der Waals surface area contributed by atoms with Gasteiger partial charge in [0.15, 0.2) is 0 Å². The minimum Gasteiger partial charge on any atom is -0.492 e. The van der Waals surface area contributed by atoms with Crippen molar-refractivity contribution in [3.63, 3.8) is 0 Å². The molecule has 2 aromatic rings. The number of nitrogens with zero attached hydrogens (tertiary/aromatic N) is 2. The third-order valence-electron chi connectivity index (χ3n) is 4.79. The number of aryl methyl sites for hydroxylation is 1. The van der Waals surface area contributed by atoms with E-state index in [1.54, 1.807) is 31.2 Å². The SMILES string of the molecule is Cc1cc([N+](=O)[O-])ccc1OC(=O)c1ccc(OCCN2CCCCC2)cc1. The molecule has 0 unspecified atom stereocenters. The molecular weight excluding hydrogens is 360 g/mol. The van der Waals surface area contributed by atoms with Crippen molar-refractivity contribution in [3.8, 4) is 11.5 Å². The molecule has 0 aromatic heterocycles. The number of hydrogen-bond donors (Lipinski definition) is 0. The first-order valence-corrected chi connectivity index (χ1v) is 9.45. The van der Waals surface area contributed by atoms with Crippen LogP contribution in [0.4, 0.5) is 5.69 Å². The van der Waals surface area contributed by atoms with E-state index in [1.165, 1.54) is 37.5 Å². The van der Waals surface area contributed by atoms with E-state index in [4.69, 9.17) is 9.47 Å². The molecule has 28 heavy (non-hydrogen) atoms. The topological polar surface area (TPSA) is 81.9 Å². The molecule has 2 aromatic carbocycles. The van der Waals surface area contributed by atoms with E-state index in [9.17, 15) is 14.9 Å². The van der Waals surface area contributed by atoms with E-state index in [1.807, 2.05) is 0 Å². The lowest BCUT2D eigenvalue weighted by Crippen LogP contribution is -2.33. The van der Waals surface area contributed by atoms with E-state index in [0.29, 0.717) is 29.2 Å².